The van der Waals surface area contributed by atoms with Crippen LogP contribution in [0.5, 0.6) is 11.5 Å². The molecule has 2 aromatic rings. The predicted octanol–water partition coefficient (Wildman–Crippen LogP) is 4.46. The summed E-state index contributed by atoms with van der Waals surface area (Å²) in [5, 5.41) is 18.9. The molecule has 0 spiro atoms. The molecular formula is C14H7ClF3NO5. The smallest absolute Gasteiger partial charge is 0.342 e. The number of benzene rings is 2. The van der Waals surface area contributed by atoms with Crippen LogP contribution >= 0.6 is 11.6 Å². The Morgan fingerprint density at radius 2 is 1.88 bits per heavy atom. The molecule has 0 heterocycles. The number of halogens is 4. The summed E-state index contributed by atoms with van der Waals surface area (Å²) in [6.07, 6.45) is 0. The second kappa shape index (κ2) is 6.36. The summed E-state index contributed by atoms with van der Waals surface area (Å²) < 4.78 is 46.1. The summed E-state index contributed by atoms with van der Waals surface area (Å²) in [5.74, 6) is -7.38. The summed E-state index contributed by atoms with van der Waals surface area (Å²) in [4.78, 5) is 20.9. The van der Waals surface area contributed by atoms with E-state index in [1.165, 1.54) is 0 Å². The number of nitro groups is 1. The van der Waals surface area contributed by atoms with Crippen LogP contribution in [0.4, 0.5) is 18.9 Å². The largest absolute Gasteiger partial charge is 0.477 e. The van der Waals surface area contributed by atoms with Crippen LogP contribution in [0.25, 0.3) is 0 Å². The minimum absolute atomic E-state index is 0.401. The van der Waals surface area contributed by atoms with Gasteiger partial charge in [-0.3, -0.25) is 10.1 Å². The molecule has 0 aliphatic heterocycles. The summed E-state index contributed by atoms with van der Waals surface area (Å²) in [6, 6.07) is 2.45. The highest BCUT2D eigenvalue weighted by molar-refractivity contribution is 6.32. The van der Waals surface area contributed by atoms with Gasteiger partial charge in [0.1, 0.15) is 16.3 Å². The second-order valence-electron chi connectivity index (χ2n) is 4.55. The van der Waals surface area contributed by atoms with Gasteiger partial charge in [-0.2, -0.15) is 4.39 Å². The lowest BCUT2D eigenvalue weighted by molar-refractivity contribution is -0.385. The predicted molar refractivity (Wildman–Crippen MR) is 76.2 cm³/mol. The van der Waals surface area contributed by atoms with Gasteiger partial charge in [0.2, 0.25) is 5.82 Å². The van der Waals surface area contributed by atoms with Crippen LogP contribution in [0.1, 0.15) is 15.9 Å². The van der Waals surface area contributed by atoms with Crippen molar-refractivity contribution in [2.24, 2.45) is 0 Å². The quantitative estimate of drug-likeness (QED) is 0.493. The first-order valence-corrected chi connectivity index (χ1v) is 6.55. The summed E-state index contributed by atoms with van der Waals surface area (Å²) in [7, 11) is 0. The minimum atomic E-state index is -1.64. The maximum atomic E-state index is 13.9. The van der Waals surface area contributed by atoms with Crippen molar-refractivity contribution in [2.75, 3.05) is 0 Å². The molecule has 0 amide bonds. The Bertz CT molecular complexity index is 843. The molecule has 0 fully saturated rings. The lowest BCUT2D eigenvalue weighted by Gasteiger charge is -2.12. The SMILES string of the molecule is Cc1c(F)c(F)c(Oc2ccc([N+](=O)[O-])c(C(=O)O)c2)c(Cl)c1F. The number of hydrogen-bond donors (Lipinski definition) is 1. The van der Waals surface area contributed by atoms with E-state index in [9.17, 15) is 28.1 Å². The van der Waals surface area contributed by atoms with Gasteiger partial charge in [-0.15, -0.1) is 0 Å². The maximum Gasteiger partial charge on any atom is 0.342 e. The van der Waals surface area contributed by atoms with Gasteiger partial charge in [-0.05, 0) is 13.0 Å². The zero-order chi connectivity index (χ0) is 18.2. The fourth-order valence-electron chi connectivity index (χ4n) is 1.84. The molecule has 0 radical (unpaired) electrons. The molecular weight excluding hydrogens is 355 g/mol. The molecule has 0 bridgehead atoms. The molecule has 126 valence electrons. The monoisotopic (exact) mass is 361 g/mol. The fraction of sp³-hybridized carbons (Fsp3) is 0.0714. The van der Waals surface area contributed by atoms with E-state index in [0.717, 1.165) is 19.1 Å². The van der Waals surface area contributed by atoms with E-state index >= 15 is 0 Å². The van der Waals surface area contributed by atoms with Crippen LogP contribution in [-0.2, 0) is 0 Å². The Labute approximate surface area is 137 Å². The minimum Gasteiger partial charge on any atom is -0.477 e. The molecule has 0 saturated heterocycles. The van der Waals surface area contributed by atoms with E-state index in [1.54, 1.807) is 0 Å². The standard InChI is InChI=1S/C14H7ClF3NO5/c1-5-10(16)9(15)13(12(18)11(5)17)24-6-2-3-8(19(22)23)7(4-6)14(20)21/h2-4H,1H3,(H,20,21). The van der Waals surface area contributed by atoms with Crippen LogP contribution in [0.3, 0.4) is 0 Å². The number of carboxylic acids is 1. The molecule has 0 aromatic heterocycles. The van der Waals surface area contributed by atoms with Crippen molar-refractivity contribution in [3.63, 3.8) is 0 Å². The first-order valence-electron chi connectivity index (χ1n) is 6.17. The van der Waals surface area contributed by atoms with Gasteiger partial charge in [0.15, 0.2) is 17.4 Å². The van der Waals surface area contributed by atoms with E-state index < -0.39 is 61.7 Å². The number of ether oxygens (including phenoxy) is 1. The van der Waals surface area contributed by atoms with Gasteiger partial charge in [-0.1, -0.05) is 11.6 Å². The average Bonchev–Trinajstić information content (AvgIpc) is 2.54. The molecule has 6 nitrogen and oxygen atoms in total. The van der Waals surface area contributed by atoms with Crippen molar-refractivity contribution < 1.29 is 32.7 Å². The second-order valence-corrected chi connectivity index (χ2v) is 4.93. The highest BCUT2D eigenvalue weighted by atomic mass is 35.5. The Morgan fingerprint density at radius 1 is 1.25 bits per heavy atom. The third-order valence-corrected chi connectivity index (χ3v) is 3.40. The molecule has 0 unspecified atom stereocenters. The van der Waals surface area contributed by atoms with Crippen LogP contribution in [0, 0.1) is 34.5 Å². The number of carboxylic acid groups (broad SMARTS) is 1. The third-order valence-electron chi connectivity index (χ3n) is 3.06. The van der Waals surface area contributed by atoms with Gasteiger partial charge in [0, 0.05) is 17.7 Å². The first kappa shape index (κ1) is 17.5. The highest BCUT2D eigenvalue weighted by Gasteiger charge is 2.25. The normalized spacial score (nSPS) is 10.5. The molecule has 0 aliphatic carbocycles. The van der Waals surface area contributed by atoms with E-state index in [0.29, 0.717) is 6.07 Å². The molecule has 24 heavy (non-hydrogen) atoms. The van der Waals surface area contributed by atoms with E-state index in [2.05, 4.69) is 0 Å². The van der Waals surface area contributed by atoms with Gasteiger partial charge < -0.3 is 9.84 Å². The van der Waals surface area contributed by atoms with Crippen molar-refractivity contribution >= 4 is 23.3 Å². The molecule has 0 atom stereocenters. The lowest BCUT2D eigenvalue weighted by Crippen LogP contribution is -2.04. The number of carbonyl (C=O) groups is 1. The number of hydrogen-bond acceptors (Lipinski definition) is 4. The Morgan fingerprint density at radius 3 is 2.42 bits per heavy atom. The van der Waals surface area contributed by atoms with Crippen molar-refractivity contribution in [3.8, 4) is 11.5 Å². The summed E-state index contributed by atoms with van der Waals surface area (Å²) >= 11 is 5.58. The van der Waals surface area contributed by atoms with Crippen molar-refractivity contribution in [3.05, 3.63) is 61.9 Å². The van der Waals surface area contributed by atoms with Crippen LogP contribution in [0.15, 0.2) is 18.2 Å². The van der Waals surface area contributed by atoms with E-state index in [-0.39, 0.29) is 0 Å². The third kappa shape index (κ3) is 2.98. The number of nitro benzene ring substituents is 1. The number of rotatable bonds is 4. The Balaban J connectivity index is 2.56. The van der Waals surface area contributed by atoms with Crippen LogP contribution in [-0.4, -0.2) is 16.0 Å². The van der Waals surface area contributed by atoms with Gasteiger partial charge in [-0.25, -0.2) is 13.6 Å². The number of nitrogens with zero attached hydrogens (tertiary/aromatic N) is 1. The Hall–Kier alpha value is -2.81. The van der Waals surface area contributed by atoms with Gasteiger partial charge in [0.25, 0.3) is 5.69 Å². The fourth-order valence-corrected chi connectivity index (χ4v) is 2.10. The maximum absolute atomic E-state index is 13.9. The topological polar surface area (TPSA) is 89.7 Å². The van der Waals surface area contributed by atoms with E-state index in [1.807, 2.05) is 0 Å². The highest BCUT2D eigenvalue weighted by Crippen LogP contribution is 2.38. The van der Waals surface area contributed by atoms with Crippen molar-refractivity contribution in [1.29, 1.82) is 0 Å². The van der Waals surface area contributed by atoms with Crippen LogP contribution in [0.2, 0.25) is 5.02 Å². The van der Waals surface area contributed by atoms with Crippen molar-refractivity contribution in [2.45, 2.75) is 6.92 Å². The molecule has 2 rings (SSSR count). The molecule has 0 aliphatic rings. The summed E-state index contributed by atoms with van der Waals surface area (Å²) in [6.45, 7) is 0.970. The van der Waals surface area contributed by atoms with Crippen molar-refractivity contribution in [1.82, 2.24) is 0 Å². The summed E-state index contributed by atoms with van der Waals surface area (Å²) in [5.41, 5.74) is -2.13. The zero-order valence-electron chi connectivity index (χ0n) is 11.8. The van der Waals surface area contributed by atoms with Gasteiger partial charge >= 0.3 is 5.97 Å². The van der Waals surface area contributed by atoms with Crippen LogP contribution < -0.4 is 4.74 Å². The Kier molecular flexibility index (Phi) is 4.65. The van der Waals surface area contributed by atoms with Gasteiger partial charge in [0.05, 0.1) is 4.92 Å². The lowest BCUT2D eigenvalue weighted by atomic mass is 10.1. The van der Waals surface area contributed by atoms with E-state index in [4.69, 9.17) is 21.4 Å². The number of aromatic carboxylic acids is 1. The molecule has 2 aromatic carbocycles. The molecule has 10 heteroatoms. The molecule has 1 N–H and O–H groups in total. The zero-order valence-corrected chi connectivity index (χ0v) is 12.5. The molecule has 0 saturated carbocycles. The first-order chi connectivity index (χ1) is 11.1. The average molecular weight is 362 g/mol.